The molecule has 0 amide bonds. The summed E-state index contributed by atoms with van der Waals surface area (Å²) in [5, 5.41) is 15.5. The third-order valence-electron chi connectivity index (χ3n) is 5.63. The normalized spacial score (nSPS) is 24.4. The molecule has 27 heavy (non-hydrogen) atoms. The average molecular weight is 386 g/mol. The minimum atomic E-state index is 0.119. The fourth-order valence-electron chi connectivity index (χ4n) is 4.62. The number of aromatic nitrogens is 3. The molecule has 2 N–H and O–H groups in total. The molecule has 0 bridgehead atoms. The maximum Gasteiger partial charge on any atom is 0.235 e. The molecule has 3 atom stereocenters. The van der Waals surface area contributed by atoms with Crippen molar-refractivity contribution >= 4 is 16.3 Å². The van der Waals surface area contributed by atoms with E-state index in [1.807, 2.05) is 6.92 Å². The zero-order valence-corrected chi connectivity index (χ0v) is 17.4. The Hall–Kier alpha value is -1.92. The molecule has 5 nitrogen and oxygen atoms in total. The topological polar surface area (TPSA) is 54.9 Å². The average Bonchev–Trinajstić information content (AvgIpc) is 3.14. The Bertz CT molecular complexity index is 937. The van der Waals surface area contributed by atoms with Crippen molar-refractivity contribution in [3.8, 4) is 5.88 Å². The second-order valence-electron chi connectivity index (χ2n) is 8.23. The van der Waals surface area contributed by atoms with Gasteiger partial charge in [0.25, 0.3) is 0 Å². The van der Waals surface area contributed by atoms with Crippen molar-refractivity contribution in [1.29, 1.82) is 0 Å². The summed E-state index contributed by atoms with van der Waals surface area (Å²) in [6, 6.07) is 8.83. The standard InChI is InChI=1S/C21H28N4OS/c1-5-17-22-21-25(23-17)20(26)19(27-21)18(16-8-6-7-13(2)10-16)24-11-14(3)9-15(4)12-24/h6-8,10,14-15,18,26H,5,9,11-12H2,1-4H3/p+1/t14-,15-,18+/m0/s1. The number of hydrogen-bond acceptors (Lipinski definition) is 4. The highest BCUT2D eigenvalue weighted by atomic mass is 32.1. The summed E-state index contributed by atoms with van der Waals surface area (Å²) in [4.78, 5) is 7.88. The number of aromatic hydroxyl groups is 1. The molecule has 1 fully saturated rings. The van der Waals surface area contributed by atoms with E-state index in [0.717, 1.165) is 35.2 Å². The number of nitrogens with zero attached hydrogens (tertiary/aromatic N) is 3. The van der Waals surface area contributed by atoms with Crippen molar-refractivity contribution in [2.75, 3.05) is 13.1 Å². The van der Waals surface area contributed by atoms with Crippen molar-refractivity contribution in [2.45, 2.75) is 46.6 Å². The second kappa shape index (κ2) is 7.24. The molecule has 1 aliphatic rings. The number of thiazole rings is 1. The summed E-state index contributed by atoms with van der Waals surface area (Å²) in [7, 11) is 0. The molecule has 6 heteroatoms. The van der Waals surface area contributed by atoms with Gasteiger partial charge in [0.05, 0.1) is 13.1 Å². The zero-order chi connectivity index (χ0) is 19.1. The van der Waals surface area contributed by atoms with Crippen LogP contribution in [0.1, 0.15) is 55.1 Å². The van der Waals surface area contributed by atoms with Crippen molar-refractivity contribution in [3.05, 3.63) is 46.1 Å². The zero-order valence-electron chi connectivity index (χ0n) is 16.6. The highest BCUT2D eigenvalue weighted by Crippen LogP contribution is 2.35. The second-order valence-corrected chi connectivity index (χ2v) is 9.23. The van der Waals surface area contributed by atoms with Gasteiger partial charge in [0.1, 0.15) is 4.88 Å². The van der Waals surface area contributed by atoms with Gasteiger partial charge in [0.15, 0.2) is 11.9 Å². The summed E-state index contributed by atoms with van der Waals surface area (Å²) < 4.78 is 1.62. The monoisotopic (exact) mass is 385 g/mol. The fraction of sp³-hybridized carbons (Fsp3) is 0.524. The molecule has 0 aliphatic carbocycles. The van der Waals surface area contributed by atoms with Gasteiger partial charge in [-0.1, -0.05) is 55.9 Å². The lowest BCUT2D eigenvalue weighted by Crippen LogP contribution is -3.14. The van der Waals surface area contributed by atoms with E-state index in [-0.39, 0.29) is 11.9 Å². The largest absolute Gasteiger partial charge is 0.492 e. The van der Waals surface area contributed by atoms with Crippen molar-refractivity contribution < 1.29 is 10.0 Å². The van der Waals surface area contributed by atoms with Gasteiger partial charge in [-0.25, -0.2) is 4.98 Å². The van der Waals surface area contributed by atoms with Crippen LogP contribution in [0.15, 0.2) is 24.3 Å². The number of piperidine rings is 1. The Kier molecular flexibility index (Phi) is 4.95. The van der Waals surface area contributed by atoms with Gasteiger partial charge in [0, 0.05) is 23.8 Å². The third kappa shape index (κ3) is 3.48. The first kappa shape index (κ1) is 18.4. The van der Waals surface area contributed by atoms with Gasteiger partial charge in [0.2, 0.25) is 10.8 Å². The van der Waals surface area contributed by atoms with Crippen molar-refractivity contribution in [3.63, 3.8) is 0 Å². The Labute approximate surface area is 164 Å². The summed E-state index contributed by atoms with van der Waals surface area (Å²) in [5.41, 5.74) is 2.52. The Morgan fingerprint density at radius 3 is 2.67 bits per heavy atom. The molecule has 0 saturated carbocycles. The van der Waals surface area contributed by atoms with Crippen molar-refractivity contribution in [1.82, 2.24) is 14.6 Å². The van der Waals surface area contributed by atoms with Crippen LogP contribution in [-0.2, 0) is 6.42 Å². The van der Waals surface area contributed by atoms with Crippen LogP contribution >= 0.6 is 11.3 Å². The molecular formula is C21H29N4OS+. The molecule has 0 radical (unpaired) electrons. The van der Waals surface area contributed by atoms with Crippen LogP contribution in [0.2, 0.25) is 0 Å². The summed E-state index contributed by atoms with van der Waals surface area (Å²) in [5.74, 6) is 2.41. The molecule has 1 aliphatic heterocycles. The molecule has 0 spiro atoms. The summed E-state index contributed by atoms with van der Waals surface area (Å²) in [6.45, 7) is 11.1. The van der Waals surface area contributed by atoms with E-state index in [0.29, 0.717) is 11.8 Å². The smallest absolute Gasteiger partial charge is 0.235 e. The molecule has 1 saturated heterocycles. The summed E-state index contributed by atoms with van der Waals surface area (Å²) in [6.07, 6.45) is 2.06. The maximum atomic E-state index is 11.0. The first-order valence-corrected chi connectivity index (χ1v) is 10.8. The molecule has 2 aromatic heterocycles. The van der Waals surface area contributed by atoms with Crippen molar-refractivity contribution in [2.24, 2.45) is 11.8 Å². The van der Waals surface area contributed by atoms with Gasteiger partial charge >= 0.3 is 0 Å². The predicted molar refractivity (Wildman–Crippen MR) is 109 cm³/mol. The Morgan fingerprint density at radius 1 is 1.30 bits per heavy atom. The van der Waals surface area contributed by atoms with Crippen LogP contribution in [0, 0.1) is 18.8 Å². The first-order chi connectivity index (χ1) is 13.0. The lowest BCUT2D eigenvalue weighted by molar-refractivity contribution is -0.936. The van der Waals surface area contributed by atoms with Crippen LogP contribution in [0.5, 0.6) is 5.88 Å². The summed E-state index contributed by atoms with van der Waals surface area (Å²) >= 11 is 1.58. The van der Waals surface area contributed by atoms with E-state index in [1.54, 1.807) is 15.9 Å². The number of fused-ring (bicyclic) bond motifs is 1. The molecule has 3 aromatic rings. The SMILES string of the molecule is CCc1nc2sc([C@@H](c3cccc(C)c3)[NH+]3C[C@@H](C)C[C@H](C)C3)c(O)n2n1. The van der Waals surface area contributed by atoms with Crippen LogP contribution in [0.25, 0.3) is 4.96 Å². The van der Waals surface area contributed by atoms with Gasteiger partial charge in [-0.05, 0) is 19.4 Å². The molecule has 1 aromatic carbocycles. The van der Waals surface area contributed by atoms with Crippen LogP contribution in [0.3, 0.4) is 0 Å². The highest BCUT2D eigenvalue weighted by molar-refractivity contribution is 7.17. The predicted octanol–water partition coefficient (Wildman–Crippen LogP) is 3.02. The van der Waals surface area contributed by atoms with Crippen LogP contribution in [-0.4, -0.2) is 32.8 Å². The fourth-order valence-corrected chi connectivity index (χ4v) is 5.78. The van der Waals surface area contributed by atoms with Gasteiger partial charge < -0.3 is 10.0 Å². The Morgan fingerprint density at radius 2 is 2.04 bits per heavy atom. The lowest BCUT2D eigenvalue weighted by Gasteiger charge is -2.37. The van der Waals surface area contributed by atoms with E-state index < -0.39 is 0 Å². The number of quaternary nitrogens is 1. The number of rotatable bonds is 4. The van der Waals surface area contributed by atoms with E-state index in [2.05, 4.69) is 55.1 Å². The quantitative estimate of drug-likeness (QED) is 0.726. The number of nitrogens with one attached hydrogen (secondary N) is 1. The Balaban J connectivity index is 1.82. The molecule has 3 heterocycles. The molecule has 144 valence electrons. The number of likely N-dealkylation sites (tertiary alicyclic amines) is 1. The maximum absolute atomic E-state index is 11.0. The van der Waals surface area contributed by atoms with E-state index in [4.69, 9.17) is 0 Å². The van der Waals surface area contributed by atoms with Gasteiger partial charge in [-0.2, -0.15) is 4.52 Å². The van der Waals surface area contributed by atoms with Crippen LogP contribution < -0.4 is 4.90 Å². The first-order valence-electron chi connectivity index (χ1n) is 9.94. The molecule has 4 rings (SSSR count). The number of hydrogen-bond donors (Lipinski definition) is 2. The van der Waals surface area contributed by atoms with E-state index >= 15 is 0 Å². The van der Waals surface area contributed by atoms with E-state index in [9.17, 15) is 5.11 Å². The van der Waals surface area contributed by atoms with Gasteiger partial charge in [-0.3, -0.25) is 0 Å². The molecular weight excluding hydrogens is 356 g/mol. The minimum Gasteiger partial charge on any atom is -0.492 e. The molecule has 0 unspecified atom stereocenters. The highest BCUT2D eigenvalue weighted by Gasteiger charge is 2.37. The third-order valence-corrected chi connectivity index (χ3v) is 6.72. The number of aryl methyl sites for hydroxylation is 2. The number of benzene rings is 1. The van der Waals surface area contributed by atoms with Gasteiger partial charge in [-0.15, -0.1) is 5.10 Å². The van der Waals surface area contributed by atoms with E-state index in [1.165, 1.54) is 22.4 Å². The van der Waals surface area contributed by atoms with Crippen LogP contribution in [0.4, 0.5) is 0 Å². The minimum absolute atomic E-state index is 0.119. The lowest BCUT2D eigenvalue weighted by atomic mass is 9.89.